The number of piperazine rings is 1. The van der Waals surface area contributed by atoms with Gasteiger partial charge in [-0.05, 0) is 19.1 Å². The first kappa shape index (κ1) is 14.8. The molecule has 1 saturated heterocycles. The Kier molecular flexibility index (Phi) is 4.29. The van der Waals surface area contributed by atoms with Crippen molar-refractivity contribution in [2.75, 3.05) is 31.9 Å². The summed E-state index contributed by atoms with van der Waals surface area (Å²) < 4.78 is 24.9. The minimum absolute atomic E-state index is 0.0545. The molecule has 1 aromatic carbocycles. The molecule has 2 rings (SSSR count). The highest BCUT2D eigenvalue weighted by atomic mass is 32.2. The van der Waals surface area contributed by atoms with E-state index in [0.29, 0.717) is 26.2 Å². The third-order valence-corrected chi connectivity index (χ3v) is 5.30. The molecule has 0 atom stereocenters. The minimum Gasteiger partial charge on any atom is -0.507 e. The van der Waals surface area contributed by atoms with Gasteiger partial charge < -0.3 is 10.0 Å². The highest BCUT2D eigenvalue weighted by molar-refractivity contribution is 7.89. The fraction of sp³-hybridized carbons (Fsp3) is 0.462. The third kappa shape index (κ3) is 2.94. The van der Waals surface area contributed by atoms with Crippen molar-refractivity contribution in [2.24, 2.45) is 0 Å². The molecule has 1 N–H and O–H groups in total. The van der Waals surface area contributed by atoms with Crippen molar-refractivity contribution in [3.8, 4) is 5.75 Å². The number of hydrogen-bond donors (Lipinski definition) is 1. The van der Waals surface area contributed by atoms with E-state index in [9.17, 15) is 18.3 Å². The molecule has 1 aromatic rings. The van der Waals surface area contributed by atoms with Gasteiger partial charge >= 0.3 is 0 Å². The Morgan fingerprint density at radius 1 is 1.20 bits per heavy atom. The summed E-state index contributed by atoms with van der Waals surface area (Å²) in [6.07, 6.45) is 0. The van der Waals surface area contributed by atoms with E-state index in [0.717, 1.165) is 0 Å². The van der Waals surface area contributed by atoms with Gasteiger partial charge in [-0.15, -0.1) is 0 Å². The molecule has 110 valence electrons. The molecule has 0 saturated carbocycles. The predicted molar refractivity (Wildman–Crippen MR) is 75.0 cm³/mol. The predicted octanol–water partition coefficient (Wildman–Crippen LogP) is 0.500. The summed E-state index contributed by atoms with van der Waals surface area (Å²) in [6, 6.07) is 6.36. The normalized spacial score (nSPS) is 17.1. The smallest absolute Gasteiger partial charge is 0.257 e. The molecule has 0 aliphatic carbocycles. The second-order valence-corrected chi connectivity index (χ2v) is 6.87. The Morgan fingerprint density at radius 2 is 1.80 bits per heavy atom. The Hall–Kier alpha value is -1.60. The number of benzene rings is 1. The van der Waals surface area contributed by atoms with Crippen molar-refractivity contribution in [1.82, 2.24) is 9.21 Å². The standard InChI is InChI=1S/C13H18N2O4S/c1-2-20(18,19)15-9-7-14(8-10-15)13(17)11-5-3-4-6-12(11)16/h3-6,16H,2,7-10H2,1H3. The van der Waals surface area contributed by atoms with E-state index in [4.69, 9.17) is 0 Å². The van der Waals surface area contributed by atoms with E-state index in [1.807, 2.05) is 0 Å². The summed E-state index contributed by atoms with van der Waals surface area (Å²) in [5.41, 5.74) is 0.249. The summed E-state index contributed by atoms with van der Waals surface area (Å²) >= 11 is 0. The van der Waals surface area contributed by atoms with E-state index in [1.165, 1.54) is 10.4 Å². The molecule has 0 radical (unpaired) electrons. The molecule has 1 aliphatic rings. The summed E-state index contributed by atoms with van der Waals surface area (Å²) in [5, 5.41) is 9.68. The van der Waals surface area contributed by atoms with Gasteiger partial charge in [0.2, 0.25) is 10.0 Å². The zero-order chi connectivity index (χ0) is 14.8. The number of amides is 1. The summed E-state index contributed by atoms with van der Waals surface area (Å²) in [6.45, 7) is 2.89. The van der Waals surface area contributed by atoms with Crippen molar-refractivity contribution in [3.05, 3.63) is 29.8 Å². The largest absolute Gasteiger partial charge is 0.507 e. The van der Waals surface area contributed by atoms with Gasteiger partial charge in [-0.3, -0.25) is 4.79 Å². The second kappa shape index (κ2) is 5.80. The maximum Gasteiger partial charge on any atom is 0.257 e. The topological polar surface area (TPSA) is 77.9 Å². The summed E-state index contributed by atoms with van der Waals surface area (Å²) in [4.78, 5) is 13.8. The monoisotopic (exact) mass is 298 g/mol. The average Bonchev–Trinajstić information content (AvgIpc) is 2.47. The van der Waals surface area contributed by atoms with Gasteiger partial charge in [0.15, 0.2) is 0 Å². The maximum atomic E-state index is 12.2. The molecule has 0 unspecified atom stereocenters. The van der Waals surface area contributed by atoms with Crippen LogP contribution in [0.25, 0.3) is 0 Å². The molecule has 7 heteroatoms. The lowest BCUT2D eigenvalue weighted by atomic mass is 10.1. The van der Waals surface area contributed by atoms with Crippen molar-refractivity contribution >= 4 is 15.9 Å². The number of phenols is 1. The summed E-state index contributed by atoms with van der Waals surface area (Å²) in [7, 11) is -3.20. The van der Waals surface area contributed by atoms with Crippen molar-refractivity contribution in [3.63, 3.8) is 0 Å². The third-order valence-electron chi connectivity index (χ3n) is 3.42. The molecule has 1 amide bonds. The number of phenolic OH excluding ortho intramolecular Hbond substituents is 1. The molecule has 6 nitrogen and oxygen atoms in total. The van der Waals surface area contributed by atoms with E-state index in [1.54, 1.807) is 30.0 Å². The van der Waals surface area contributed by atoms with Crippen molar-refractivity contribution in [1.29, 1.82) is 0 Å². The van der Waals surface area contributed by atoms with Gasteiger partial charge in [-0.2, -0.15) is 4.31 Å². The first-order chi connectivity index (χ1) is 9.45. The van der Waals surface area contributed by atoms with Crippen LogP contribution in [0, 0.1) is 0 Å². The summed E-state index contributed by atoms with van der Waals surface area (Å²) in [5.74, 6) is -0.252. The van der Waals surface area contributed by atoms with Crippen LogP contribution < -0.4 is 0 Å². The molecule has 20 heavy (non-hydrogen) atoms. The number of aromatic hydroxyl groups is 1. The van der Waals surface area contributed by atoms with Gasteiger partial charge in [0, 0.05) is 26.2 Å². The van der Waals surface area contributed by atoms with Crippen LogP contribution >= 0.6 is 0 Å². The molecule has 0 aromatic heterocycles. The van der Waals surface area contributed by atoms with Gasteiger partial charge in [0.1, 0.15) is 5.75 Å². The van der Waals surface area contributed by atoms with Gasteiger partial charge in [-0.25, -0.2) is 8.42 Å². The van der Waals surface area contributed by atoms with E-state index in [2.05, 4.69) is 0 Å². The minimum atomic E-state index is -3.20. The van der Waals surface area contributed by atoms with Gasteiger partial charge in [0.05, 0.1) is 11.3 Å². The number of para-hydroxylation sites is 1. The molecule has 1 heterocycles. The average molecular weight is 298 g/mol. The lowest BCUT2D eigenvalue weighted by Gasteiger charge is -2.33. The fourth-order valence-electron chi connectivity index (χ4n) is 2.18. The van der Waals surface area contributed by atoms with Crippen LogP contribution in [0.5, 0.6) is 5.75 Å². The lowest BCUT2D eigenvalue weighted by Crippen LogP contribution is -2.50. The van der Waals surface area contributed by atoms with Gasteiger partial charge in [0.25, 0.3) is 5.91 Å². The molecule has 1 fully saturated rings. The Morgan fingerprint density at radius 3 is 2.35 bits per heavy atom. The Bertz CT molecular complexity index is 592. The van der Waals surface area contributed by atoms with Crippen molar-refractivity contribution in [2.45, 2.75) is 6.92 Å². The number of sulfonamides is 1. The highest BCUT2D eigenvalue weighted by Crippen LogP contribution is 2.19. The number of rotatable bonds is 3. The number of carbonyl (C=O) groups excluding carboxylic acids is 1. The van der Waals surface area contributed by atoms with E-state index in [-0.39, 0.29) is 23.0 Å². The van der Waals surface area contributed by atoms with Crippen LogP contribution in [-0.2, 0) is 10.0 Å². The van der Waals surface area contributed by atoms with E-state index < -0.39 is 10.0 Å². The molecule has 1 aliphatic heterocycles. The zero-order valence-electron chi connectivity index (χ0n) is 11.3. The van der Waals surface area contributed by atoms with Crippen LogP contribution in [0.3, 0.4) is 0 Å². The van der Waals surface area contributed by atoms with Crippen LogP contribution in [0.1, 0.15) is 17.3 Å². The van der Waals surface area contributed by atoms with Crippen LogP contribution in [-0.4, -0.2) is 60.6 Å². The van der Waals surface area contributed by atoms with Crippen molar-refractivity contribution < 1.29 is 18.3 Å². The molecule has 0 spiro atoms. The number of hydrogen-bond acceptors (Lipinski definition) is 4. The Balaban J connectivity index is 2.05. The van der Waals surface area contributed by atoms with E-state index >= 15 is 0 Å². The van der Waals surface area contributed by atoms with Gasteiger partial charge in [-0.1, -0.05) is 12.1 Å². The fourth-order valence-corrected chi connectivity index (χ4v) is 3.26. The number of nitrogens with zero attached hydrogens (tertiary/aromatic N) is 2. The number of carbonyl (C=O) groups is 1. The lowest BCUT2D eigenvalue weighted by molar-refractivity contribution is 0.0695. The molecular weight excluding hydrogens is 280 g/mol. The van der Waals surface area contributed by atoms with Crippen LogP contribution in [0.2, 0.25) is 0 Å². The van der Waals surface area contributed by atoms with Crippen LogP contribution in [0.4, 0.5) is 0 Å². The maximum absolute atomic E-state index is 12.2. The first-order valence-corrected chi connectivity index (χ1v) is 8.11. The quantitative estimate of drug-likeness (QED) is 0.881. The Labute approximate surface area is 118 Å². The first-order valence-electron chi connectivity index (χ1n) is 6.51. The highest BCUT2D eigenvalue weighted by Gasteiger charge is 2.28. The molecule has 0 bridgehead atoms. The SMILES string of the molecule is CCS(=O)(=O)N1CCN(C(=O)c2ccccc2O)CC1. The molecular formula is C13H18N2O4S. The zero-order valence-corrected chi connectivity index (χ0v) is 12.1. The second-order valence-electron chi connectivity index (χ2n) is 4.61. The van der Waals surface area contributed by atoms with Crippen LogP contribution in [0.15, 0.2) is 24.3 Å².